The first-order chi connectivity index (χ1) is 64.3. The van der Waals surface area contributed by atoms with E-state index >= 15 is 0 Å². The fourth-order valence-corrected chi connectivity index (χ4v) is 24.5. The maximum atomic E-state index is 13.1. The fourth-order valence-electron chi connectivity index (χ4n) is 18.0. The Hall–Kier alpha value is -10.3. The second-order valence-corrected chi connectivity index (χ2v) is 44.1. The number of sulfone groups is 2. The number of anilines is 2. The fraction of sp³-hybridized carbons (Fsp3) is 0.200. The van der Waals surface area contributed by atoms with Crippen LogP contribution in [-0.2, 0) is 32.5 Å². The molecule has 16 aromatic carbocycles. The molecule has 16 rings (SSSR count). The number of nitrogens with zero attached hydrogens (tertiary/aromatic N) is 1. The number of nitro benzene ring substituents is 1. The van der Waals surface area contributed by atoms with Gasteiger partial charge in [-0.05, 0) is 479 Å². The second-order valence-electron chi connectivity index (χ2n) is 35.5. The summed E-state index contributed by atoms with van der Waals surface area (Å²) in [6, 6.07) is 99.3. The minimum atomic E-state index is -3.64. The van der Waals surface area contributed by atoms with E-state index in [-0.39, 0.29) is 77.6 Å². The summed E-state index contributed by atoms with van der Waals surface area (Å²) in [7, 11) is -7.28. The average molecular weight is 2100 g/mol. The first-order valence-electron chi connectivity index (χ1n) is 45.3. The third kappa shape index (κ3) is 32.1. The first kappa shape index (κ1) is 116. The number of aryl methyl sites for hydroxylation is 24. The normalized spacial score (nSPS) is 10.7. The van der Waals surface area contributed by atoms with Gasteiger partial charge in [-0.3, -0.25) is 10.1 Å². The average Bonchev–Trinajstić information content (AvgIpc) is 0.771. The predicted molar refractivity (Wildman–Crippen MR) is 597 cm³/mol. The summed E-state index contributed by atoms with van der Waals surface area (Å²) >= 11 is 14.9. The number of hydrogen-bond acceptors (Lipinski definition) is 12. The van der Waals surface area contributed by atoms with Crippen LogP contribution < -0.4 is 41.0 Å². The third-order valence-corrected chi connectivity index (χ3v) is 29.9. The van der Waals surface area contributed by atoms with Crippen molar-refractivity contribution >= 4 is 117 Å². The number of nitrogen functional groups attached to an aromatic ring is 2. The molecule has 0 amide bonds. The molecule has 0 radical (unpaired) electrons. The summed E-state index contributed by atoms with van der Waals surface area (Å²) in [4.78, 5) is 17.1. The van der Waals surface area contributed by atoms with Gasteiger partial charge in [0.05, 0.1) is 24.5 Å². The van der Waals surface area contributed by atoms with Crippen LogP contribution in [0.1, 0.15) is 134 Å². The number of nitrogens with two attached hydrogens (primary N) is 2. The van der Waals surface area contributed by atoms with E-state index < -0.39 is 19.7 Å². The molecule has 0 atom stereocenters. The molecule has 139 heavy (non-hydrogen) atoms. The number of benzene rings is 16. The van der Waals surface area contributed by atoms with E-state index in [9.17, 15) is 26.9 Å². The van der Waals surface area contributed by atoms with E-state index in [1.807, 2.05) is 126 Å². The number of rotatable bonds is 16. The predicted octanol–water partition coefficient (Wildman–Crippen LogP) is 31.1. The van der Waals surface area contributed by atoms with Crippen LogP contribution in [0.25, 0.3) is 44.5 Å². The Bertz CT molecular complexity index is 6500. The van der Waals surface area contributed by atoms with Gasteiger partial charge in [-0.15, -0.1) is 25.0 Å². The van der Waals surface area contributed by atoms with Crippen LogP contribution in [0.15, 0.2) is 356 Å². The molecule has 0 heterocycles. The van der Waals surface area contributed by atoms with E-state index in [1.54, 1.807) is 97.1 Å². The van der Waals surface area contributed by atoms with Gasteiger partial charge >= 0.3 is 29.6 Å². The van der Waals surface area contributed by atoms with E-state index in [2.05, 4.69) is 301 Å². The Kier molecular flexibility index (Phi) is 44.1. The molecule has 0 aliphatic carbocycles. The molecule has 0 aliphatic rings. The van der Waals surface area contributed by atoms with Gasteiger partial charge in [0, 0.05) is 56.9 Å². The van der Waals surface area contributed by atoms with Crippen molar-refractivity contribution in [3.63, 3.8) is 0 Å². The summed E-state index contributed by atoms with van der Waals surface area (Å²) in [5, 5.41) is 10.3. The first-order valence-corrected chi connectivity index (χ1v) is 51.9. The Morgan fingerprint density at radius 1 is 0.281 bits per heavy atom. The summed E-state index contributed by atoms with van der Waals surface area (Å²) in [5.74, 6) is 0. The van der Waals surface area contributed by atoms with E-state index in [0.29, 0.717) is 0 Å². The van der Waals surface area contributed by atoms with Gasteiger partial charge in [-0.25, -0.2) is 16.8 Å². The van der Waals surface area contributed by atoms with Crippen LogP contribution in [-0.4, -0.2) is 27.2 Å². The van der Waals surface area contributed by atoms with Crippen molar-refractivity contribution in [2.45, 2.75) is 209 Å². The molecule has 5 N–H and O–H groups in total. The van der Waals surface area contributed by atoms with Gasteiger partial charge in [0.2, 0.25) is 19.7 Å². The van der Waals surface area contributed by atoms with Crippen LogP contribution in [0.2, 0.25) is 0 Å². The summed E-state index contributed by atoms with van der Waals surface area (Å²) in [6.45, 7) is 46.0. The van der Waals surface area contributed by atoms with Crippen molar-refractivity contribution in [2.24, 2.45) is 0 Å². The number of nitro groups is 1. The van der Waals surface area contributed by atoms with Crippen LogP contribution in [0.4, 0.5) is 17.1 Å². The standard InChI is InChI=1S/C28H26O4S2.C28H26S2.C18H22.C16H16Br2.C16H20N2.C8H9NO2.C6H6S.ClH.Na.H2O/c1-19-15-25(33(29,30)23-11-7-5-8-12-23)16-20(2)27(19)28-21(3)17-26(18-22(28)4)34(31,32)24-13-9-6-10-14-24;1-19-15-25(29-23-11-7-5-8-12-23)16-20(2)27(19)28-21(3)17-26(18-22(28)4)30-24-13-9-6-10-14-24;1-13-7-14(2)10-17(9-13)5-6-18-11-15(3)8-16(4)12-18;2*1-9-5-13(17)6-10(2)15(9)16-11(3)7-14(18)8-12(16)4;1-6-3-7(2)5-8(4-6)9(10)11;7-6-4-2-1-3-5-6;;;/h5-18H,1-4H3;5-18H,1-4H3;7-12H,5-6H2,1-4H3;5-8H,1-4H3;5-8H,17-18H2,1-4H3;3-5H,1-2H3;1-5,7H;1H;;1H2/q;;;;;;;;+1;/p-1. The topological polar surface area (TPSA) is 193 Å². The molecule has 19 heteroatoms. The molecule has 0 saturated carbocycles. The van der Waals surface area contributed by atoms with Crippen molar-refractivity contribution in [2.75, 3.05) is 11.5 Å². The monoisotopic (exact) mass is 2100 g/mol. The van der Waals surface area contributed by atoms with Gasteiger partial charge < -0.3 is 16.9 Å². The molecule has 10 nitrogen and oxygen atoms in total. The molecule has 716 valence electrons. The SMILES string of the molecule is Cc1cc(Br)cc(C)c1-c1c(C)cc(Br)cc1C.Cc1cc(C)cc(CCc2cc(C)cc(C)c2)c1.Cc1cc(C)cc([N+](=O)[O-])c1.Cc1cc(N)cc(C)c1-c1c(C)cc(N)cc1C.Cc1cc(S(=O)(=O)c2ccccc2)cc(C)c1-c1c(C)cc(S(=O)(=O)c2ccccc2)cc1C.Cc1cc(Sc2ccccc2)cc(C)c1-c1c(C)cc(Sc2ccccc2)cc1C.Cl.Sc1ccccc1.[Na+].[OH-]. The molecule has 16 aromatic rings. The van der Waals surface area contributed by atoms with Gasteiger partial charge in [0.1, 0.15) is 0 Å². The smallest absolute Gasteiger partial charge is 0.870 e. The van der Waals surface area contributed by atoms with Crippen molar-refractivity contribution in [3.05, 3.63) is 456 Å². The van der Waals surface area contributed by atoms with Crippen molar-refractivity contribution < 1.29 is 56.8 Å². The Morgan fingerprint density at radius 3 is 0.705 bits per heavy atom. The molecule has 0 aromatic heterocycles. The maximum Gasteiger partial charge on any atom is 1.00 e. The number of thiol groups is 1. The van der Waals surface area contributed by atoms with Crippen LogP contribution >= 0.6 is 80.4 Å². The van der Waals surface area contributed by atoms with E-state index in [4.69, 9.17) is 11.5 Å². The zero-order valence-electron chi connectivity index (χ0n) is 84.0. The number of hydrogen-bond donors (Lipinski definition) is 3. The third-order valence-electron chi connectivity index (χ3n) is 23.3. The Morgan fingerprint density at radius 2 is 0.482 bits per heavy atom. The molecule has 0 spiro atoms. The molecule has 0 aliphatic heterocycles. The number of non-ortho nitro benzene ring substituents is 1. The Labute approximate surface area is 886 Å². The van der Waals surface area contributed by atoms with Crippen molar-refractivity contribution in [1.82, 2.24) is 0 Å². The minimum absolute atomic E-state index is 0. The number of halogens is 3. The molecule has 0 fully saturated rings. The zero-order chi connectivity index (χ0) is 99.3. The van der Waals surface area contributed by atoms with Gasteiger partial charge in [-0.2, -0.15) is 0 Å². The molecule has 0 unspecified atom stereocenters. The van der Waals surface area contributed by atoms with Gasteiger partial charge in [0.25, 0.3) is 5.69 Å². The van der Waals surface area contributed by atoms with Gasteiger partial charge in [0.15, 0.2) is 0 Å². The zero-order valence-corrected chi connectivity index (χ0v) is 94.2. The Balaban J connectivity index is 0.000000229. The quantitative estimate of drug-likeness (QED) is 0.0274. The maximum absolute atomic E-state index is 13.1. The molecule has 0 saturated heterocycles. The molecular formula is C120H127Br2ClN3NaO7S5. The van der Waals surface area contributed by atoms with Gasteiger partial charge in [-0.1, -0.05) is 211 Å². The van der Waals surface area contributed by atoms with Crippen molar-refractivity contribution in [3.8, 4) is 44.5 Å². The summed E-state index contributed by atoms with van der Waals surface area (Å²) in [6.07, 6.45) is 2.26. The van der Waals surface area contributed by atoms with Crippen LogP contribution in [0.5, 0.6) is 0 Å². The van der Waals surface area contributed by atoms with Crippen molar-refractivity contribution in [1.29, 1.82) is 0 Å². The largest absolute Gasteiger partial charge is 1.00 e. The summed E-state index contributed by atoms with van der Waals surface area (Å²) in [5.41, 5.74) is 52.4. The van der Waals surface area contributed by atoms with E-state index in [0.717, 1.165) is 82.6 Å². The second kappa shape index (κ2) is 53.0. The minimum Gasteiger partial charge on any atom is -0.870 e. The van der Waals surface area contributed by atoms with Crippen LogP contribution in [0, 0.1) is 162 Å². The summed E-state index contributed by atoms with van der Waals surface area (Å²) < 4.78 is 54.9. The van der Waals surface area contributed by atoms with E-state index in [1.165, 1.54) is 153 Å². The van der Waals surface area contributed by atoms with Crippen LogP contribution in [0.3, 0.4) is 0 Å². The molecule has 0 bridgehead atoms. The molecular weight excluding hydrogens is 1970 g/mol.